The number of fused-ring (bicyclic) bond motifs is 1. The van der Waals surface area contributed by atoms with Crippen molar-refractivity contribution < 1.29 is 31.1 Å². The van der Waals surface area contributed by atoms with Crippen LogP contribution in [0.25, 0.3) is 22.0 Å². The van der Waals surface area contributed by atoms with E-state index in [1.807, 2.05) is 0 Å². The summed E-state index contributed by atoms with van der Waals surface area (Å²) in [7, 11) is 0. The van der Waals surface area contributed by atoms with Crippen LogP contribution in [-0.4, -0.2) is 30.1 Å². The number of halogens is 6. The van der Waals surface area contributed by atoms with Gasteiger partial charge in [-0.25, -0.2) is 0 Å². The highest BCUT2D eigenvalue weighted by Gasteiger charge is 2.37. The number of alkyl halides is 6. The van der Waals surface area contributed by atoms with Crippen molar-refractivity contribution in [2.45, 2.75) is 51.0 Å². The van der Waals surface area contributed by atoms with E-state index in [0.717, 1.165) is 6.54 Å². The van der Waals surface area contributed by atoms with Crippen molar-refractivity contribution in [3.05, 3.63) is 59.8 Å². The summed E-state index contributed by atoms with van der Waals surface area (Å²) in [5, 5.41) is 6.94. The van der Waals surface area contributed by atoms with Crippen molar-refractivity contribution in [2.24, 2.45) is 5.92 Å². The van der Waals surface area contributed by atoms with Crippen LogP contribution in [0.2, 0.25) is 0 Å². The zero-order valence-corrected chi connectivity index (χ0v) is 20.2. The predicted octanol–water partition coefficient (Wildman–Crippen LogP) is 6.63. The second-order valence-electron chi connectivity index (χ2n) is 9.57. The van der Waals surface area contributed by atoms with E-state index in [4.69, 9.17) is 0 Å². The van der Waals surface area contributed by atoms with E-state index in [9.17, 15) is 31.1 Å². The molecule has 1 heterocycles. The standard InChI is InChI=1S/C27H29F6N3O/c28-26(29,30)22-12-21(13-23(15-22)27(31,32)33)20-7-6-19-8-11-36(24(19)14-20)17-25(37)35-10-9-34-16-18-4-2-1-3-5-18/h6-8,11-15,18,34H,1-5,9-10,16-17H2,(H,35,37). The average molecular weight is 526 g/mol. The molecule has 4 nitrogen and oxygen atoms in total. The zero-order chi connectivity index (χ0) is 26.6. The zero-order valence-electron chi connectivity index (χ0n) is 20.2. The first-order valence-electron chi connectivity index (χ1n) is 12.4. The van der Waals surface area contributed by atoms with E-state index in [1.165, 1.54) is 44.2 Å². The molecule has 1 saturated carbocycles. The molecule has 3 aromatic rings. The van der Waals surface area contributed by atoms with Crippen LogP contribution in [0.15, 0.2) is 48.7 Å². The van der Waals surface area contributed by atoms with Crippen LogP contribution in [0.1, 0.15) is 43.2 Å². The lowest BCUT2D eigenvalue weighted by molar-refractivity contribution is -0.143. The van der Waals surface area contributed by atoms with Gasteiger partial charge >= 0.3 is 12.4 Å². The Kier molecular flexibility index (Phi) is 8.16. The van der Waals surface area contributed by atoms with Crippen LogP contribution in [0, 0.1) is 5.92 Å². The number of aromatic nitrogens is 1. The normalized spacial score (nSPS) is 15.3. The molecule has 4 rings (SSSR count). The number of carbonyl (C=O) groups is 1. The van der Waals surface area contributed by atoms with E-state index in [1.54, 1.807) is 22.9 Å². The molecular formula is C27H29F6N3O. The fourth-order valence-electron chi connectivity index (χ4n) is 4.82. The first kappa shape index (κ1) is 27.0. The van der Waals surface area contributed by atoms with Gasteiger partial charge in [0.2, 0.25) is 5.91 Å². The van der Waals surface area contributed by atoms with E-state index in [-0.39, 0.29) is 29.6 Å². The second kappa shape index (κ2) is 11.2. The van der Waals surface area contributed by atoms with E-state index in [2.05, 4.69) is 10.6 Å². The highest BCUT2D eigenvalue weighted by Crippen LogP contribution is 2.39. The number of hydrogen-bond donors (Lipinski definition) is 2. The quantitative estimate of drug-likeness (QED) is 0.256. The monoisotopic (exact) mass is 525 g/mol. The van der Waals surface area contributed by atoms with Gasteiger partial charge in [0.1, 0.15) is 6.54 Å². The van der Waals surface area contributed by atoms with Gasteiger partial charge in [0.15, 0.2) is 0 Å². The number of amides is 1. The maximum absolute atomic E-state index is 13.3. The molecule has 0 atom stereocenters. The van der Waals surface area contributed by atoms with Gasteiger partial charge in [-0.05, 0) is 72.1 Å². The molecular weight excluding hydrogens is 496 g/mol. The molecule has 0 aliphatic heterocycles. The van der Waals surface area contributed by atoms with Crippen molar-refractivity contribution in [1.29, 1.82) is 0 Å². The SMILES string of the molecule is O=C(Cn1ccc2ccc(-c3cc(C(F)(F)F)cc(C(F)(F)F)c3)cc21)NCCNCC1CCCCC1. The Balaban J connectivity index is 1.44. The molecule has 1 aliphatic carbocycles. The topological polar surface area (TPSA) is 46.1 Å². The summed E-state index contributed by atoms with van der Waals surface area (Å²) in [5.74, 6) is 0.453. The lowest BCUT2D eigenvalue weighted by Gasteiger charge is -2.21. The largest absolute Gasteiger partial charge is 0.416 e. The number of hydrogen-bond acceptors (Lipinski definition) is 2. The third-order valence-corrected chi connectivity index (χ3v) is 6.79. The van der Waals surface area contributed by atoms with Crippen LogP contribution in [0.5, 0.6) is 0 Å². The number of benzene rings is 2. The molecule has 1 fully saturated rings. The van der Waals surface area contributed by atoms with Crippen molar-refractivity contribution in [3.63, 3.8) is 0 Å². The summed E-state index contributed by atoms with van der Waals surface area (Å²) in [5.41, 5.74) is -2.22. The smallest absolute Gasteiger partial charge is 0.353 e. The van der Waals surface area contributed by atoms with Crippen molar-refractivity contribution in [2.75, 3.05) is 19.6 Å². The number of rotatable bonds is 8. The Morgan fingerprint density at radius 3 is 2.16 bits per heavy atom. The average Bonchev–Trinajstić information content (AvgIpc) is 3.25. The molecule has 2 aromatic carbocycles. The molecule has 0 saturated heterocycles. The third kappa shape index (κ3) is 7.06. The maximum Gasteiger partial charge on any atom is 0.416 e. The van der Waals surface area contributed by atoms with Crippen LogP contribution in [-0.2, 0) is 23.7 Å². The highest BCUT2D eigenvalue weighted by atomic mass is 19.4. The first-order valence-corrected chi connectivity index (χ1v) is 12.4. The molecule has 1 amide bonds. The lowest BCUT2D eigenvalue weighted by Crippen LogP contribution is -2.35. The number of nitrogens with zero attached hydrogens (tertiary/aromatic N) is 1. The summed E-state index contributed by atoms with van der Waals surface area (Å²) in [4.78, 5) is 12.5. The highest BCUT2D eigenvalue weighted by molar-refractivity contribution is 5.87. The minimum atomic E-state index is -4.93. The third-order valence-electron chi connectivity index (χ3n) is 6.79. The van der Waals surface area contributed by atoms with Crippen molar-refractivity contribution in [3.8, 4) is 11.1 Å². The summed E-state index contributed by atoms with van der Waals surface area (Å²) in [6.45, 7) is 2.02. The van der Waals surface area contributed by atoms with Gasteiger partial charge in [-0.1, -0.05) is 31.4 Å². The predicted molar refractivity (Wildman–Crippen MR) is 130 cm³/mol. The molecule has 0 spiro atoms. The Hall–Kier alpha value is -3.01. The molecule has 10 heteroatoms. The molecule has 37 heavy (non-hydrogen) atoms. The molecule has 1 aliphatic rings. The molecule has 0 bridgehead atoms. The minimum Gasteiger partial charge on any atom is -0.353 e. The van der Waals surface area contributed by atoms with Crippen LogP contribution >= 0.6 is 0 Å². The van der Waals surface area contributed by atoms with Gasteiger partial charge < -0.3 is 15.2 Å². The Morgan fingerprint density at radius 1 is 0.838 bits per heavy atom. The minimum absolute atomic E-state index is 0.0219. The number of carbonyl (C=O) groups excluding carboxylic acids is 1. The lowest BCUT2D eigenvalue weighted by atomic mass is 9.89. The molecule has 0 unspecified atom stereocenters. The summed E-state index contributed by atoms with van der Waals surface area (Å²) >= 11 is 0. The van der Waals surface area contributed by atoms with Crippen LogP contribution in [0.4, 0.5) is 26.3 Å². The van der Waals surface area contributed by atoms with Gasteiger partial charge in [-0.3, -0.25) is 4.79 Å². The van der Waals surface area contributed by atoms with Crippen LogP contribution in [0.3, 0.4) is 0 Å². The van der Waals surface area contributed by atoms with Crippen molar-refractivity contribution >= 4 is 16.8 Å². The van der Waals surface area contributed by atoms with Crippen LogP contribution < -0.4 is 10.6 Å². The maximum atomic E-state index is 13.3. The number of nitrogens with one attached hydrogen (secondary N) is 2. The summed E-state index contributed by atoms with van der Waals surface area (Å²) in [6, 6.07) is 7.85. The summed E-state index contributed by atoms with van der Waals surface area (Å²) < 4.78 is 81.4. The molecule has 200 valence electrons. The van der Waals surface area contributed by atoms with Gasteiger partial charge in [-0.15, -0.1) is 0 Å². The van der Waals surface area contributed by atoms with E-state index >= 15 is 0 Å². The van der Waals surface area contributed by atoms with Gasteiger partial charge in [0.25, 0.3) is 0 Å². The Morgan fingerprint density at radius 2 is 1.51 bits per heavy atom. The molecule has 2 N–H and O–H groups in total. The Bertz CT molecular complexity index is 1190. The second-order valence-corrected chi connectivity index (χ2v) is 9.57. The molecule has 0 radical (unpaired) electrons. The molecule has 1 aromatic heterocycles. The summed E-state index contributed by atoms with van der Waals surface area (Å²) in [6.07, 6.45) is -1.87. The van der Waals surface area contributed by atoms with Gasteiger partial charge in [0, 0.05) is 24.8 Å². The van der Waals surface area contributed by atoms with Gasteiger partial charge in [0.05, 0.1) is 11.1 Å². The van der Waals surface area contributed by atoms with Gasteiger partial charge in [-0.2, -0.15) is 26.3 Å². The van der Waals surface area contributed by atoms with E-state index < -0.39 is 23.5 Å². The fraction of sp³-hybridized carbons (Fsp3) is 0.444. The first-order chi connectivity index (χ1) is 17.5. The fourth-order valence-corrected chi connectivity index (χ4v) is 4.82. The Labute approximate surface area is 211 Å². The van der Waals surface area contributed by atoms with E-state index in [0.29, 0.717) is 42.0 Å². The van der Waals surface area contributed by atoms with Crippen molar-refractivity contribution in [1.82, 2.24) is 15.2 Å².